The zero-order chi connectivity index (χ0) is 17.7. The summed E-state index contributed by atoms with van der Waals surface area (Å²) in [7, 11) is 0. The van der Waals surface area contributed by atoms with Crippen molar-refractivity contribution in [3.8, 4) is 0 Å². The summed E-state index contributed by atoms with van der Waals surface area (Å²) >= 11 is 0. The molecule has 4 fully saturated rings. The molecule has 140 valence electrons. The van der Waals surface area contributed by atoms with Crippen LogP contribution >= 0.6 is 0 Å². The van der Waals surface area contributed by atoms with Gasteiger partial charge in [0.15, 0.2) is 6.29 Å². The van der Waals surface area contributed by atoms with Crippen molar-refractivity contribution in [1.82, 2.24) is 0 Å². The van der Waals surface area contributed by atoms with Gasteiger partial charge in [-0.25, -0.2) is 0 Å². The summed E-state index contributed by atoms with van der Waals surface area (Å²) in [4.78, 5) is 0. The third kappa shape index (κ3) is 2.83. The Balaban J connectivity index is 1.55. The maximum absolute atomic E-state index is 6.33. The Morgan fingerprint density at radius 1 is 1.12 bits per heavy atom. The molecule has 0 unspecified atom stereocenters. The van der Waals surface area contributed by atoms with Crippen molar-refractivity contribution >= 4 is 0 Å². The minimum absolute atomic E-state index is 0.00339. The Morgan fingerprint density at radius 3 is 2.60 bits per heavy atom. The minimum Gasteiger partial charge on any atom is -0.370 e. The molecule has 3 heteroatoms. The molecule has 25 heavy (non-hydrogen) atoms. The van der Waals surface area contributed by atoms with E-state index < -0.39 is 0 Å². The van der Waals surface area contributed by atoms with E-state index in [0.29, 0.717) is 23.4 Å². The quantitative estimate of drug-likeness (QED) is 0.680. The molecule has 2 aliphatic carbocycles. The summed E-state index contributed by atoms with van der Waals surface area (Å²) in [6, 6.07) is 0. The highest BCUT2D eigenvalue weighted by Crippen LogP contribution is 2.65. The summed E-state index contributed by atoms with van der Waals surface area (Å²) in [6.45, 7) is 15.0. The van der Waals surface area contributed by atoms with E-state index in [1.165, 1.54) is 31.3 Å². The lowest BCUT2D eigenvalue weighted by molar-refractivity contribution is -0.116. The molecule has 0 amide bonds. The average molecular weight is 347 g/mol. The predicted octanol–water partition coefficient (Wildman–Crippen LogP) is 4.87. The Morgan fingerprint density at radius 2 is 1.88 bits per heavy atom. The van der Waals surface area contributed by atoms with Crippen LogP contribution in [-0.4, -0.2) is 31.7 Å². The molecular weight excluding hydrogens is 312 g/mol. The fourth-order valence-electron chi connectivity index (χ4n) is 6.71. The lowest BCUT2D eigenvalue weighted by Crippen LogP contribution is -2.54. The van der Waals surface area contributed by atoms with Crippen LogP contribution in [0.25, 0.3) is 0 Å². The van der Waals surface area contributed by atoms with Gasteiger partial charge in [-0.3, -0.25) is 0 Å². The van der Waals surface area contributed by atoms with Crippen molar-refractivity contribution in [2.45, 2.75) is 77.3 Å². The molecule has 2 saturated carbocycles. The van der Waals surface area contributed by atoms with Gasteiger partial charge < -0.3 is 14.2 Å². The summed E-state index contributed by atoms with van der Waals surface area (Å²) in [6.07, 6.45) is 10.8. The van der Waals surface area contributed by atoms with Crippen LogP contribution in [0.2, 0.25) is 0 Å². The molecule has 0 radical (unpaired) electrons. The van der Waals surface area contributed by atoms with Crippen LogP contribution in [0.1, 0.15) is 58.8 Å². The van der Waals surface area contributed by atoms with Crippen molar-refractivity contribution in [3.63, 3.8) is 0 Å². The highest BCUT2D eigenvalue weighted by molar-refractivity contribution is 5.19. The monoisotopic (exact) mass is 346 g/mol. The van der Waals surface area contributed by atoms with Crippen molar-refractivity contribution < 1.29 is 14.2 Å². The Hall–Kier alpha value is -0.640. The second kappa shape index (κ2) is 6.51. The van der Waals surface area contributed by atoms with Crippen molar-refractivity contribution in [2.75, 3.05) is 13.2 Å². The largest absolute Gasteiger partial charge is 0.370 e. The normalized spacial score (nSPS) is 47.5. The maximum atomic E-state index is 6.33. The van der Waals surface area contributed by atoms with Gasteiger partial charge in [-0.1, -0.05) is 32.1 Å². The van der Waals surface area contributed by atoms with Gasteiger partial charge in [-0.05, 0) is 67.6 Å². The molecular formula is C22H34O3. The topological polar surface area (TPSA) is 27.7 Å². The molecule has 0 aromatic rings. The maximum Gasteiger partial charge on any atom is 0.157 e. The van der Waals surface area contributed by atoms with Crippen LogP contribution in [-0.2, 0) is 14.2 Å². The van der Waals surface area contributed by atoms with E-state index in [9.17, 15) is 0 Å². The molecule has 2 aliphatic heterocycles. The van der Waals surface area contributed by atoms with Gasteiger partial charge in [0.25, 0.3) is 0 Å². The van der Waals surface area contributed by atoms with Crippen molar-refractivity contribution in [1.29, 1.82) is 0 Å². The fraction of sp³-hybridized carbons (Fsp3) is 0.818. The lowest BCUT2D eigenvalue weighted by atomic mass is 9.45. The van der Waals surface area contributed by atoms with Gasteiger partial charge in [0.1, 0.15) is 0 Å². The Bertz CT molecular complexity index is 537. The lowest BCUT2D eigenvalue weighted by Gasteiger charge is -2.59. The second-order valence-corrected chi connectivity index (χ2v) is 9.20. The van der Waals surface area contributed by atoms with Crippen molar-refractivity contribution in [3.05, 3.63) is 24.8 Å². The van der Waals surface area contributed by atoms with Crippen LogP contribution in [0.5, 0.6) is 0 Å². The number of fused-ring (bicyclic) bond motifs is 3. The zero-order valence-electron chi connectivity index (χ0n) is 16.0. The number of ether oxygens (including phenoxy) is 3. The Kier molecular flexibility index (Phi) is 4.62. The standard InChI is InChI=1S/C22H34O3/c1-5-16-14-22(4)18-8-6-15(2)17(7-9-20-23-12-13-24-20)21(18,3)11-10-19(22)25-16/h5,16-20H,1-2,6-14H2,3-4H3/t16-,17+,18+,19-,21+,22-/m0/s1. The molecule has 2 saturated heterocycles. The van der Waals surface area contributed by atoms with Crippen molar-refractivity contribution in [2.24, 2.45) is 22.7 Å². The summed E-state index contributed by atoms with van der Waals surface area (Å²) in [5, 5.41) is 0. The van der Waals surface area contributed by atoms with E-state index in [0.717, 1.165) is 32.5 Å². The summed E-state index contributed by atoms with van der Waals surface area (Å²) in [5.41, 5.74) is 2.07. The van der Waals surface area contributed by atoms with Crippen LogP contribution < -0.4 is 0 Å². The van der Waals surface area contributed by atoms with Crippen LogP contribution in [0.3, 0.4) is 0 Å². The van der Waals surface area contributed by atoms with Gasteiger partial charge in [-0.15, -0.1) is 6.58 Å². The molecule has 4 rings (SSSR count). The molecule has 4 aliphatic rings. The van der Waals surface area contributed by atoms with Gasteiger partial charge in [-0.2, -0.15) is 0 Å². The van der Waals surface area contributed by atoms with Crippen LogP contribution in [0, 0.1) is 22.7 Å². The highest BCUT2D eigenvalue weighted by Gasteiger charge is 2.60. The third-order valence-corrected chi connectivity index (χ3v) is 7.94. The molecule has 0 N–H and O–H groups in total. The second-order valence-electron chi connectivity index (χ2n) is 9.20. The summed E-state index contributed by atoms with van der Waals surface area (Å²) < 4.78 is 17.7. The number of hydrogen-bond donors (Lipinski definition) is 0. The number of rotatable bonds is 4. The van der Waals surface area contributed by atoms with Crippen LogP contribution in [0.4, 0.5) is 0 Å². The molecule has 0 aromatic carbocycles. The van der Waals surface area contributed by atoms with Gasteiger partial charge in [0, 0.05) is 0 Å². The average Bonchev–Trinajstić information content (AvgIpc) is 3.20. The van der Waals surface area contributed by atoms with E-state index in [1.54, 1.807) is 0 Å². The van der Waals surface area contributed by atoms with E-state index >= 15 is 0 Å². The zero-order valence-corrected chi connectivity index (χ0v) is 16.0. The first-order valence-corrected chi connectivity index (χ1v) is 10.2. The van der Waals surface area contributed by atoms with Crippen LogP contribution in [0.15, 0.2) is 24.8 Å². The first-order chi connectivity index (χ1) is 12.0. The smallest absolute Gasteiger partial charge is 0.157 e. The fourth-order valence-corrected chi connectivity index (χ4v) is 6.71. The molecule has 6 atom stereocenters. The SMILES string of the molecule is C=C[C@H]1C[C@@]2(C)[C@@H]3CCC(=C)[C@@H](CCC4OCCO4)[C@@]3(C)CC[C@@H]2O1. The van der Waals surface area contributed by atoms with E-state index in [4.69, 9.17) is 14.2 Å². The predicted molar refractivity (Wildman–Crippen MR) is 99.2 cm³/mol. The first-order valence-electron chi connectivity index (χ1n) is 10.2. The number of allylic oxidation sites excluding steroid dienone is 1. The third-order valence-electron chi connectivity index (χ3n) is 7.94. The Labute approximate surface area is 152 Å². The molecule has 0 aromatic heterocycles. The number of hydrogen-bond acceptors (Lipinski definition) is 3. The molecule has 2 heterocycles. The minimum atomic E-state index is 0.00339. The van der Waals surface area contributed by atoms with Gasteiger partial charge in [0.2, 0.25) is 0 Å². The van der Waals surface area contributed by atoms with E-state index in [1.807, 2.05) is 6.08 Å². The summed E-state index contributed by atoms with van der Waals surface area (Å²) in [5.74, 6) is 1.30. The molecule has 0 spiro atoms. The van der Waals surface area contributed by atoms with Gasteiger partial charge in [0.05, 0.1) is 25.4 Å². The molecule has 3 nitrogen and oxygen atoms in total. The molecule has 0 bridgehead atoms. The van der Waals surface area contributed by atoms with E-state index in [2.05, 4.69) is 27.0 Å². The highest BCUT2D eigenvalue weighted by atomic mass is 16.7. The van der Waals surface area contributed by atoms with Gasteiger partial charge >= 0.3 is 0 Å². The van der Waals surface area contributed by atoms with E-state index in [-0.39, 0.29) is 17.8 Å². The first kappa shape index (κ1) is 17.8.